The highest BCUT2D eigenvalue weighted by Gasteiger charge is 2.18. The number of rotatable bonds is 3. The third-order valence-electron chi connectivity index (χ3n) is 3.74. The van der Waals surface area contributed by atoms with Crippen LogP contribution in [0.5, 0.6) is 0 Å². The Morgan fingerprint density at radius 3 is 2.81 bits per heavy atom. The average Bonchev–Trinajstić information content (AvgIpc) is 3.05. The molecule has 0 bridgehead atoms. The molecule has 0 spiro atoms. The van der Waals surface area contributed by atoms with Gasteiger partial charge in [-0.25, -0.2) is 9.78 Å². The van der Waals surface area contributed by atoms with Crippen LogP contribution in [0.3, 0.4) is 0 Å². The minimum Gasteiger partial charge on any atom is -0.465 e. The Labute approximate surface area is 128 Å². The molecule has 21 heavy (non-hydrogen) atoms. The molecule has 2 heterocycles. The molecule has 1 saturated heterocycles. The third-order valence-corrected chi connectivity index (χ3v) is 4.65. The number of aromatic nitrogens is 1. The van der Waals surface area contributed by atoms with Gasteiger partial charge in [-0.2, -0.15) is 0 Å². The molecule has 1 aliphatic rings. The summed E-state index contributed by atoms with van der Waals surface area (Å²) in [7, 11) is 1.39. The van der Waals surface area contributed by atoms with Gasteiger partial charge < -0.3 is 10.1 Å². The molecule has 4 nitrogen and oxygen atoms in total. The molecule has 5 heteroatoms. The summed E-state index contributed by atoms with van der Waals surface area (Å²) in [6.45, 7) is 1.07. The Hall–Kier alpha value is -1.72. The summed E-state index contributed by atoms with van der Waals surface area (Å²) in [5.41, 5.74) is 2.73. The molecule has 1 aliphatic heterocycles. The molecule has 0 saturated carbocycles. The van der Waals surface area contributed by atoms with Crippen molar-refractivity contribution in [1.29, 1.82) is 0 Å². The number of benzene rings is 1. The Morgan fingerprint density at radius 1 is 1.33 bits per heavy atom. The lowest BCUT2D eigenvalue weighted by Crippen LogP contribution is -2.26. The van der Waals surface area contributed by atoms with Crippen LogP contribution in [-0.4, -0.2) is 24.6 Å². The number of hydrogen-bond acceptors (Lipinski definition) is 5. The van der Waals surface area contributed by atoms with Gasteiger partial charge >= 0.3 is 5.97 Å². The maximum atomic E-state index is 11.4. The Morgan fingerprint density at radius 2 is 2.14 bits per heavy atom. The largest absolute Gasteiger partial charge is 0.465 e. The predicted molar refractivity (Wildman–Crippen MR) is 83.5 cm³/mol. The minimum absolute atomic E-state index is 0.312. The molecular weight excluding hydrogens is 284 g/mol. The number of piperidine rings is 1. The number of esters is 1. The van der Waals surface area contributed by atoms with Gasteiger partial charge in [0.15, 0.2) is 0 Å². The first-order valence-electron chi connectivity index (χ1n) is 7.15. The molecule has 2 aromatic rings. The van der Waals surface area contributed by atoms with Crippen LogP contribution in [-0.2, 0) is 4.74 Å². The summed E-state index contributed by atoms with van der Waals surface area (Å²) in [4.78, 5) is 16.2. The summed E-state index contributed by atoms with van der Waals surface area (Å²) in [5, 5.41) is 6.64. The zero-order valence-corrected chi connectivity index (χ0v) is 12.8. The van der Waals surface area contributed by atoms with E-state index in [9.17, 15) is 4.79 Å². The molecule has 110 valence electrons. The van der Waals surface area contributed by atoms with Crippen LogP contribution >= 0.6 is 11.3 Å². The van der Waals surface area contributed by atoms with Crippen LogP contribution in [0.1, 0.15) is 41.4 Å². The average molecular weight is 302 g/mol. The van der Waals surface area contributed by atoms with Crippen LogP contribution in [0.2, 0.25) is 0 Å². The minimum atomic E-state index is -0.312. The van der Waals surface area contributed by atoms with Crippen molar-refractivity contribution in [1.82, 2.24) is 10.3 Å². The molecule has 0 aliphatic carbocycles. The van der Waals surface area contributed by atoms with Crippen molar-refractivity contribution in [2.45, 2.75) is 25.3 Å². The molecule has 1 atom stereocenters. The van der Waals surface area contributed by atoms with E-state index in [2.05, 4.69) is 10.7 Å². The van der Waals surface area contributed by atoms with Crippen LogP contribution in [0.25, 0.3) is 10.6 Å². The van der Waals surface area contributed by atoms with E-state index in [1.54, 1.807) is 23.5 Å². The maximum Gasteiger partial charge on any atom is 0.337 e. The fourth-order valence-electron chi connectivity index (χ4n) is 2.55. The molecule has 1 N–H and O–H groups in total. The first kappa shape index (κ1) is 14.2. The SMILES string of the molecule is COC(=O)c1ccc(-c2nc(C3CCCCN3)cs2)cc1. The number of thiazole rings is 1. The van der Waals surface area contributed by atoms with Gasteiger partial charge in [0.1, 0.15) is 5.01 Å². The number of carbonyl (C=O) groups excluding carboxylic acids is 1. The van der Waals surface area contributed by atoms with Gasteiger partial charge in [-0.1, -0.05) is 18.6 Å². The second-order valence-corrected chi connectivity index (χ2v) is 6.01. The van der Waals surface area contributed by atoms with Crippen molar-refractivity contribution in [3.63, 3.8) is 0 Å². The van der Waals surface area contributed by atoms with Crippen LogP contribution in [0.4, 0.5) is 0 Å². The van der Waals surface area contributed by atoms with E-state index < -0.39 is 0 Å². The summed E-state index contributed by atoms with van der Waals surface area (Å²) < 4.78 is 4.71. The van der Waals surface area contributed by atoms with Crippen molar-refractivity contribution >= 4 is 17.3 Å². The first-order chi connectivity index (χ1) is 10.3. The lowest BCUT2D eigenvalue weighted by molar-refractivity contribution is 0.0601. The van der Waals surface area contributed by atoms with Crippen molar-refractivity contribution in [3.8, 4) is 10.6 Å². The predicted octanol–water partition coefficient (Wildman–Crippen LogP) is 3.41. The number of nitrogens with zero attached hydrogens (tertiary/aromatic N) is 1. The Kier molecular flexibility index (Phi) is 4.31. The molecule has 0 amide bonds. The van der Waals surface area contributed by atoms with E-state index in [4.69, 9.17) is 9.72 Å². The number of carbonyl (C=O) groups is 1. The van der Waals surface area contributed by atoms with Crippen LogP contribution in [0, 0.1) is 0 Å². The van der Waals surface area contributed by atoms with Gasteiger partial charge in [0.05, 0.1) is 24.4 Å². The number of nitrogens with one attached hydrogen (secondary N) is 1. The van der Waals surface area contributed by atoms with Crippen LogP contribution < -0.4 is 5.32 Å². The zero-order valence-electron chi connectivity index (χ0n) is 12.0. The van der Waals surface area contributed by atoms with E-state index in [0.717, 1.165) is 29.2 Å². The van der Waals surface area contributed by atoms with Crippen molar-refractivity contribution in [2.24, 2.45) is 0 Å². The van der Waals surface area contributed by atoms with Crippen molar-refractivity contribution < 1.29 is 9.53 Å². The second kappa shape index (κ2) is 6.37. The lowest BCUT2D eigenvalue weighted by Gasteiger charge is -2.21. The van der Waals surface area contributed by atoms with Gasteiger partial charge in [-0.05, 0) is 31.5 Å². The highest BCUT2D eigenvalue weighted by atomic mass is 32.1. The summed E-state index contributed by atoms with van der Waals surface area (Å²) >= 11 is 1.65. The van der Waals surface area contributed by atoms with Gasteiger partial charge in [0.25, 0.3) is 0 Å². The summed E-state index contributed by atoms with van der Waals surface area (Å²) in [6, 6.07) is 7.78. The second-order valence-electron chi connectivity index (χ2n) is 5.15. The van der Waals surface area contributed by atoms with Crippen molar-refractivity contribution in [2.75, 3.05) is 13.7 Å². The molecule has 3 rings (SSSR count). The lowest BCUT2D eigenvalue weighted by atomic mass is 10.0. The monoisotopic (exact) mass is 302 g/mol. The van der Waals surface area contributed by atoms with E-state index in [1.807, 2.05) is 12.1 Å². The highest BCUT2D eigenvalue weighted by Crippen LogP contribution is 2.29. The normalized spacial score (nSPS) is 18.4. The summed E-state index contributed by atoms with van der Waals surface area (Å²) in [6.07, 6.45) is 3.67. The van der Waals surface area contributed by atoms with E-state index >= 15 is 0 Å². The van der Waals surface area contributed by atoms with E-state index in [-0.39, 0.29) is 5.97 Å². The third kappa shape index (κ3) is 3.14. The molecule has 1 aromatic carbocycles. The zero-order chi connectivity index (χ0) is 14.7. The fraction of sp³-hybridized carbons (Fsp3) is 0.375. The number of methoxy groups -OCH3 is 1. The smallest absolute Gasteiger partial charge is 0.337 e. The standard InChI is InChI=1S/C16H18N2O2S/c1-20-16(19)12-7-5-11(6-8-12)15-18-14(10-21-15)13-4-2-3-9-17-13/h5-8,10,13,17H,2-4,9H2,1H3. The number of hydrogen-bond donors (Lipinski definition) is 1. The van der Waals surface area contributed by atoms with Crippen LogP contribution in [0.15, 0.2) is 29.6 Å². The molecule has 1 aromatic heterocycles. The first-order valence-corrected chi connectivity index (χ1v) is 8.03. The summed E-state index contributed by atoms with van der Waals surface area (Å²) in [5.74, 6) is -0.312. The van der Waals surface area contributed by atoms with E-state index in [1.165, 1.54) is 20.0 Å². The topological polar surface area (TPSA) is 51.2 Å². The maximum absolute atomic E-state index is 11.4. The van der Waals surface area contributed by atoms with Gasteiger partial charge in [-0.3, -0.25) is 0 Å². The molecule has 1 unspecified atom stereocenters. The Balaban J connectivity index is 1.77. The quantitative estimate of drug-likeness (QED) is 0.883. The Bertz CT molecular complexity index is 615. The highest BCUT2D eigenvalue weighted by molar-refractivity contribution is 7.13. The molecule has 1 fully saturated rings. The van der Waals surface area contributed by atoms with E-state index in [0.29, 0.717) is 11.6 Å². The molecular formula is C16H18N2O2S. The number of ether oxygens (including phenoxy) is 1. The van der Waals surface area contributed by atoms with Crippen molar-refractivity contribution in [3.05, 3.63) is 40.9 Å². The van der Waals surface area contributed by atoms with Gasteiger partial charge in [0, 0.05) is 10.9 Å². The fourth-order valence-corrected chi connectivity index (χ4v) is 3.43. The van der Waals surface area contributed by atoms with Gasteiger partial charge in [-0.15, -0.1) is 11.3 Å². The van der Waals surface area contributed by atoms with Gasteiger partial charge in [0.2, 0.25) is 0 Å². The molecule has 0 radical (unpaired) electrons.